The van der Waals surface area contributed by atoms with E-state index in [-0.39, 0.29) is 11.2 Å². The lowest BCUT2D eigenvalue weighted by atomic mass is 9.41. The van der Waals surface area contributed by atoms with Gasteiger partial charge in [-0.3, -0.25) is 4.79 Å². The van der Waals surface area contributed by atoms with Crippen LogP contribution in [0, 0.1) is 11.3 Å². The molecule has 1 spiro atoms. The van der Waals surface area contributed by atoms with Gasteiger partial charge < -0.3 is 29.2 Å². The van der Waals surface area contributed by atoms with E-state index in [9.17, 15) is 9.90 Å². The van der Waals surface area contributed by atoms with Crippen molar-refractivity contribution in [3.8, 4) is 0 Å². The molecule has 3 aliphatic carbocycles. The summed E-state index contributed by atoms with van der Waals surface area (Å²) < 4.78 is 19.9. The van der Waals surface area contributed by atoms with Crippen molar-refractivity contribution in [3.63, 3.8) is 0 Å². The highest BCUT2D eigenvalue weighted by molar-refractivity contribution is 5.97. The summed E-state index contributed by atoms with van der Waals surface area (Å²) in [5, 5.41) is 14.6. The van der Waals surface area contributed by atoms with Crippen LogP contribution in [0.2, 0.25) is 0 Å². The van der Waals surface area contributed by atoms with E-state index in [1.54, 1.807) is 6.08 Å². The van der Waals surface area contributed by atoms with Gasteiger partial charge in [0, 0.05) is 46.0 Å². The predicted octanol–water partition coefficient (Wildman–Crippen LogP) is 4.66. The normalized spacial score (nSPS) is 41.0. The van der Waals surface area contributed by atoms with Crippen molar-refractivity contribution in [2.45, 2.75) is 102 Å². The van der Waals surface area contributed by atoms with Crippen LogP contribution in [0.25, 0.3) is 10.9 Å². The average molecular weight is 549 g/mol. The molecule has 1 aromatic heterocycles. The number of para-hydroxylation sites is 1. The van der Waals surface area contributed by atoms with Gasteiger partial charge in [-0.2, -0.15) is 0 Å². The molecule has 1 aromatic carbocycles. The summed E-state index contributed by atoms with van der Waals surface area (Å²) in [5.74, 6) is -0.939. The summed E-state index contributed by atoms with van der Waals surface area (Å²) in [6.45, 7) is 15.9. The van der Waals surface area contributed by atoms with E-state index in [1.807, 2.05) is 13.8 Å². The van der Waals surface area contributed by atoms with Crippen LogP contribution in [0.5, 0.6) is 0 Å². The Hall–Kier alpha value is -2.03. The van der Waals surface area contributed by atoms with E-state index in [2.05, 4.69) is 61.8 Å². The van der Waals surface area contributed by atoms with Crippen molar-refractivity contribution in [3.05, 3.63) is 47.2 Å². The molecule has 7 nitrogen and oxygen atoms in total. The number of carbonyl (C=O) groups excluding carboxylic acids is 1. The molecule has 3 heterocycles. The standard InChI is InChI=1S/C33H44N2O5/c1-7-35(8-2)15-16-38-26-18-20-17-22-21-11-9-10-12-23(21)34-27(22)31(20,6)30(5)13-14-32-25(33(26,30)37)19-24(36)28(39-32)29(3,4)40-32/h9-12,19-20,26,28,34,37H,7-8,13-18H2,1-6H3/t20-,26+,28+,30-,31-,32?,33+/m1/s1. The number of ketones is 1. The van der Waals surface area contributed by atoms with Gasteiger partial charge in [0.1, 0.15) is 11.2 Å². The van der Waals surface area contributed by atoms with Crippen molar-refractivity contribution in [2.24, 2.45) is 11.3 Å². The minimum absolute atomic E-state index is 0.127. The molecule has 5 aliphatic rings. The molecule has 2 bridgehead atoms. The molecule has 1 unspecified atom stereocenters. The van der Waals surface area contributed by atoms with Crippen molar-refractivity contribution >= 4 is 16.7 Å². The zero-order chi connectivity index (χ0) is 28.3. The first-order valence-electron chi connectivity index (χ1n) is 15.3. The lowest BCUT2D eigenvalue weighted by Crippen LogP contribution is -2.74. The summed E-state index contributed by atoms with van der Waals surface area (Å²) in [4.78, 5) is 19.6. The van der Waals surface area contributed by atoms with Crippen molar-refractivity contribution in [1.82, 2.24) is 9.88 Å². The lowest BCUT2D eigenvalue weighted by molar-refractivity contribution is -0.280. The number of aromatic nitrogens is 1. The van der Waals surface area contributed by atoms with Crippen molar-refractivity contribution in [2.75, 3.05) is 26.2 Å². The molecule has 3 fully saturated rings. The smallest absolute Gasteiger partial charge is 0.195 e. The van der Waals surface area contributed by atoms with E-state index in [0.717, 1.165) is 31.6 Å². The molecule has 0 amide bonds. The molecule has 2 aliphatic heterocycles. The van der Waals surface area contributed by atoms with E-state index < -0.39 is 34.6 Å². The van der Waals surface area contributed by atoms with Gasteiger partial charge in [0.25, 0.3) is 0 Å². The highest BCUT2D eigenvalue weighted by atomic mass is 16.8. The number of nitrogens with one attached hydrogen (secondary N) is 1. The van der Waals surface area contributed by atoms with Gasteiger partial charge in [0.05, 0.1) is 12.7 Å². The van der Waals surface area contributed by atoms with Gasteiger partial charge in [0.15, 0.2) is 17.7 Å². The van der Waals surface area contributed by atoms with Crippen LogP contribution in [0.1, 0.15) is 72.1 Å². The maximum atomic E-state index is 13.5. The average Bonchev–Trinajstić information content (AvgIpc) is 3.51. The fraction of sp³-hybridized carbons (Fsp3) is 0.667. The molecule has 7 atom stereocenters. The number of rotatable bonds is 6. The second-order valence-electron chi connectivity index (χ2n) is 13.8. The fourth-order valence-electron chi connectivity index (χ4n) is 9.45. The summed E-state index contributed by atoms with van der Waals surface area (Å²) in [7, 11) is 0. The number of hydrogen-bond donors (Lipinski definition) is 2. The summed E-state index contributed by atoms with van der Waals surface area (Å²) >= 11 is 0. The number of aromatic amines is 1. The van der Waals surface area contributed by atoms with Gasteiger partial charge in [0.2, 0.25) is 0 Å². The SMILES string of the molecule is CCN(CC)CCO[C@H]1C[C@H]2Cc3c([nH]c4ccccc34)[C@]2(C)[C@@]2(C)CCC34O[C@@H](C(=O)C=C3[C@]12O)C(C)(C)O4. The Labute approximate surface area is 237 Å². The third kappa shape index (κ3) is 3.11. The van der Waals surface area contributed by atoms with Crippen LogP contribution < -0.4 is 0 Å². The number of nitrogens with zero attached hydrogens (tertiary/aromatic N) is 1. The van der Waals surface area contributed by atoms with E-state index >= 15 is 0 Å². The molecule has 0 radical (unpaired) electrons. The molecule has 7 heteroatoms. The maximum absolute atomic E-state index is 13.5. The molecule has 7 rings (SSSR count). The lowest BCUT2D eigenvalue weighted by Gasteiger charge is -2.67. The van der Waals surface area contributed by atoms with Crippen LogP contribution >= 0.6 is 0 Å². The largest absolute Gasteiger partial charge is 0.382 e. The Morgan fingerprint density at radius 3 is 2.62 bits per heavy atom. The van der Waals surface area contributed by atoms with Crippen LogP contribution in [-0.2, 0) is 30.8 Å². The summed E-state index contributed by atoms with van der Waals surface area (Å²) in [6.07, 6.45) is 3.46. The Bertz CT molecular complexity index is 1410. The number of fused-ring (bicyclic) bond motifs is 9. The zero-order valence-electron chi connectivity index (χ0n) is 24.8. The first-order chi connectivity index (χ1) is 18.9. The predicted molar refractivity (Wildman–Crippen MR) is 153 cm³/mol. The maximum Gasteiger partial charge on any atom is 0.195 e. The Kier molecular flexibility index (Phi) is 5.71. The summed E-state index contributed by atoms with van der Waals surface area (Å²) in [5.41, 5.74) is 1.10. The third-order valence-electron chi connectivity index (χ3n) is 11.9. The highest BCUT2D eigenvalue weighted by Crippen LogP contribution is 2.72. The van der Waals surface area contributed by atoms with Crippen molar-refractivity contribution in [1.29, 1.82) is 0 Å². The number of benzene rings is 1. The first-order valence-corrected chi connectivity index (χ1v) is 15.3. The third-order valence-corrected chi connectivity index (χ3v) is 11.9. The quantitative estimate of drug-likeness (QED) is 0.547. The van der Waals surface area contributed by atoms with E-state index in [4.69, 9.17) is 14.2 Å². The number of H-pyrrole nitrogens is 1. The van der Waals surface area contributed by atoms with Gasteiger partial charge >= 0.3 is 0 Å². The monoisotopic (exact) mass is 548 g/mol. The van der Waals surface area contributed by atoms with E-state index in [0.29, 0.717) is 37.4 Å². The molecule has 216 valence electrons. The topological polar surface area (TPSA) is 84.0 Å². The summed E-state index contributed by atoms with van der Waals surface area (Å²) in [6, 6.07) is 8.53. The van der Waals surface area contributed by atoms with Gasteiger partial charge in [-0.15, -0.1) is 0 Å². The van der Waals surface area contributed by atoms with E-state index in [1.165, 1.54) is 16.6 Å². The minimum Gasteiger partial charge on any atom is -0.382 e. The number of carbonyl (C=O) groups is 1. The highest BCUT2D eigenvalue weighted by Gasteiger charge is 2.78. The second kappa shape index (κ2) is 8.51. The molecule has 40 heavy (non-hydrogen) atoms. The van der Waals surface area contributed by atoms with Crippen LogP contribution in [0.4, 0.5) is 0 Å². The second-order valence-corrected chi connectivity index (χ2v) is 13.8. The van der Waals surface area contributed by atoms with Crippen LogP contribution in [-0.4, -0.2) is 76.2 Å². The Morgan fingerprint density at radius 1 is 1.12 bits per heavy atom. The molecule has 1 saturated heterocycles. The molecule has 2 aromatic rings. The minimum atomic E-state index is -1.44. The molecule has 2 N–H and O–H groups in total. The fourth-order valence-corrected chi connectivity index (χ4v) is 9.45. The first kappa shape index (κ1) is 26.8. The van der Waals surface area contributed by atoms with Crippen LogP contribution in [0.3, 0.4) is 0 Å². The van der Waals surface area contributed by atoms with Gasteiger partial charge in [-0.05, 0) is 69.8 Å². The molecular formula is C33H44N2O5. The number of likely N-dealkylation sites (N-methyl/N-ethyl adjacent to an activating group) is 1. The van der Waals surface area contributed by atoms with Crippen molar-refractivity contribution < 1.29 is 24.1 Å². The molecular weight excluding hydrogens is 504 g/mol. The number of ether oxygens (including phenoxy) is 3. The Balaban J connectivity index is 1.38. The molecule has 2 saturated carbocycles. The number of hydrogen-bond acceptors (Lipinski definition) is 6. The van der Waals surface area contributed by atoms with Crippen LogP contribution in [0.15, 0.2) is 35.9 Å². The van der Waals surface area contributed by atoms with Gasteiger partial charge in [-0.1, -0.05) is 45.9 Å². The number of aliphatic hydroxyl groups is 1. The zero-order valence-corrected chi connectivity index (χ0v) is 24.8. The van der Waals surface area contributed by atoms with Gasteiger partial charge in [-0.25, -0.2) is 0 Å². The Morgan fingerprint density at radius 2 is 1.88 bits per heavy atom.